The molecule has 29 heavy (non-hydrogen) atoms. The van der Waals surface area contributed by atoms with Crippen LogP contribution in [0, 0.1) is 0 Å². The molecule has 0 saturated heterocycles. The maximum absolute atomic E-state index is 12.5. The van der Waals surface area contributed by atoms with E-state index in [-0.39, 0.29) is 11.8 Å². The maximum Gasteiger partial charge on any atom is 0.265 e. The summed E-state index contributed by atoms with van der Waals surface area (Å²) >= 11 is 13.2. The largest absolute Gasteiger partial charge is 0.495 e. The summed E-state index contributed by atoms with van der Waals surface area (Å²) in [6, 6.07) is 13.0. The van der Waals surface area contributed by atoms with Crippen molar-refractivity contribution in [3.8, 4) is 11.5 Å². The smallest absolute Gasteiger partial charge is 0.265 e. The highest BCUT2D eigenvalue weighted by Gasteiger charge is 2.15. The Bertz CT molecular complexity index is 986. The van der Waals surface area contributed by atoms with Crippen LogP contribution in [0.2, 0.25) is 10.0 Å². The normalized spacial score (nSPS) is 10.3. The summed E-state index contributed by atoms with van der Waals surface area (Å²) in [5.41, 5.74) is 1.04. The van der Waals surface area contributed by atoms with Crippen molar-refractivity contribution in [2.75, 3.05) is 24.9 Å². The summed E-state index contributed by atoms with van der Waals surface area (Å²) < 4.78 is 10.2. The van der Waals surface area contributed by atoms with Crippen LogP contribution in [0.5, 0.6) is 11.5 Å². The summed E-state index contributed by atoms with van der Waals surface area (Å²) in [7, 11) is 3.02. The topological polar surface area (TPSA) is 76.7 Å². The molecule has 0 atom stereocenters. The highest BCUT2D eigenvalue weighted by atomic mass is 35.5. The van der Waals surface area contributed by atoms with E-state index in [1.54, 1.807) is 48.5 Å². The third kappa shape index (κ3) is 5.00. The van der Waals surface area contributed by atoms with Crippen LogP contribution in [0.15, 0.2) is 48.5 Å². The van der Waals surface area contributed by atoms with E-state index in [0.29, 0.717) is 42.7 Å². The first-order valence-corrected chi connectivity index (χ1v) is 9.88. The first kappa shape index (κ1) is 21.0. The number of nitrogens with one attached hydrogen (secondary N) is 2. The fourth-order valence-electron chi connectivity index (χ4n) is 2.46. The molecule has 0 radical (unpaired) electrons. The fraction of sp³-hybridized carbons (Fsp3) is 0.100. The summed E-state index contributed by atoms with van der Waals surface area (Å²) in [6.07, 6.45) is 0. The van der Waals surface area contributed by atoms with Gasteiger partial charge in [-0.05, 0) is 48.5 Å². The van der Waals surface area contributed by atoms with Crippen molar-refractivity contribution in [2.45, 2.75) is 0 Å². The minimum atomic E-state index is -0.345. The van der Waals surface area contributed by atoms with Crippen LogP contribution < -0.4 is 20.1 Å². The number of anilines is 2. The van der Waals surface area contributed by atoms with Gasteiger partial charge in [-0.3, -0.25) is 9.59 Å². The summed E-state index contributed by atoms with van der Waals surface area (Å²) in [5.74, 6) is 0.335. The monoisotopic (exact) mass is 450 g/mol. The van der Waals surface area contributed by atoms with Crippen LogP contribution in [0.25, 0.3) is 0 Å². The lowest BCUT2D eigenvalue weighted by Crippen LogP contribution is -2.11. The zero-order valence-electron chi connectivity index (χ0n) is 15.4. The first-order valence-electron chi connectivity index (χ1n) is 8.31. The Morgan fingerprint density at radius 3 is 1.52 bits per heavy atom. The van der Waals surface area contributed by atoms with E-state index >= 15 is 0 Å². The lowest BCUT2D eigenvalue weighted by molar-refractivity contribution is 0.102. The second-order valence-electron chi connectivity index (χ2n) is 5.77. The van der Waals surface area contributed by atoms with Crippen LogP contribution in [0.4, 0.5) is 11.4 Å². The molecule has 0 spiro atoms. The SMILES string of the molecule is COc1ccc(NC(=O)c2ccc(C(=O)Nc3ccc(OC)c(Cl)c3)s2)cc1Cl. The number of carbonyl (C=O) groups is 2. The number of hydrogen-bond acceptors (Lipinski definition) is 5. The predicted octanol–water partition coefficient (Wildman–Crippen LogP) is 5.58. The van der Waals surface area contributed by atoms with Gasteiger partial charge in [-0.2, -0.15) is 0 Å². The number of ether oxygens (including phenoxy) is 2. The molecule has 3 rings (SSSR count). The molecule has 9 heteroatoms. The van der Waals surface area contributed by atoms with Gasteiger partial charge in [0.1, 0.15) is 11.5 Å². The Balaban J connectivity index is 1.67. The van der Waals surface area contributed by atoms with Gasteiger partial charge in [-0.1, -0.05) is 23.2 Å². The Kier molecular flexibility index (Phi) is 6.64. The molecule has 2 amide bonds. The van der Waals surface area contributed by atoms with Crippen molar-refractivity contribution in [3.63, 3.8) is 0 Å². The van der Waals surface area contributed by atoms with Crippen molar-refractivity contribution in [1.82, 2.24) is 0 Å². The van der Waals surface area contributed by atoms with E-state index < -0.39 is 0 Å². The van der Waals surface area contributed by atoms with Gasteiger partial charge in [-0.25, -0.2) is 0 Å². The van der Waals surface area contributed by atoms with Crippen LogP contribution >= 0.6 is 34.5 Å². The second kappa shape index (κ2) is 9.17. The van der Waals surface area contributed by atoms with Gasteiger partial charge in [0.2, 0.25) is 0 Å². The van der Waals surface area contributed by atoms with Crippen LogP contribution in [0.1, 0.15) is 19.3 Å². The molecule has 2 aromatic carbocycles. The summed E-state index contributed by atoms with van der Waals surface area (Å²) in [4.78, 5) is 25.7. The van der Waals surface area contributed by atoms with E-state index in [1.165, 1.54) is 14.2 Å². The molecule has 0 saturated carbocycles. The number of rotatable bonds is 6. The molecule has 0 fully saturated rings. The van der Waals surface area contributed by atoms with Crippen LogP contribution in [0.3, 0.4) is 0 Å². The number of amides is 2. The van der Waals surface area contributed by atoms with Crippen molar-refractivity contribution in [2.24, 2.45) is 0 Å². The average Bonchev–Trinajstić information content (AvgIpc) is 3.19. The van der Waals surface area contributed by atoms with E-state index in [2.05, 4.69) is 10.6 Å². The molecular weight excluding hydrogens is 435 g/mol. The van der Waals surface area contributed by atoms with E-state index in [1.807, 2.05) is 0 Å². The number of halogens is 2. The number of thiophene rings is 1. The second-order valence-corrected chi connectivity index (χ2v) is 7.67. The van der Waals surface area contributed by atoms with Crippen molar-refractivity contribution in [1.29, 1.82) is 0 Å². The standard InChI is InChI=1S/C20H16Cl2N2O4S/c1-27-15-5-3-11(9-13(15)21)23-19(25)17-7-8-18(29-17)20(26)24-12-4-6-16(28-2)14(22)10-12/h3-10H,1-2H3,(H,23,25)(H,24,26). The molecule has 0 unspecified atom stereocenters. The summed E-state index contributed by atoms with van der Waals surface area (Å²) in [5, 5.41) is 6.25. The molecule has 0 aliphatic rings. The van der Waals surface area contributed by atoms with Gasteiger partial charge >= 0.3 is 0 Å². The van der Waals surface area contributed by atoms with E-state index in [4.69, 9.17) is 32.7 Å². The molecular formula is C20H16Cl2N2O4S. The fourth-order valence-corrected chi connectivity index (χ4v) is 3.77. The Morgan fingerprint density at radius 1 is 0.759 bits per heavy atom. The Labute approximate surface area is 181 Å². The van der Waals surface area contributed by atoms with Gasteiger partial charge in [0, 0.05) is 11.4 Å². The van der Waals surface area contributed by atoms with Gasteiger partial charge in [-0.15, -0.1) is 11.3 Å². The molecule has 0 bridgehead atoms. The number of hydrogen-bond donors (Lipinski definition) is 2. The Morgan fingerprint density at radius 2 is 1.17 bits per heavy atom. The van der Waals surface area contributed by atoms with Crippen molar-refractivity contribution >= 4 is 57.7 Å². The molecule has 2 N–H and O–H groups in total. The zero-order valence-corrected chi connectivity index (χ0v) is 17.7. The van der Waals surface area contributed by atoms with Gasteiger partial charge in [0.15, 0.2) is 0 Å². The molecule has 6 nitrogen and oxygen atoms in total. The molecule has 1 aromatic heterocycles. The van der Waals surface area contributed by atoms with Crippen LogP contribution in [-0.4, -0.2) is 26.0 Å². The average molecular weight is 451 g/mol. The molecule has 1 heterocycles. The summed E-state index contributed by atoms with van der Waals surface area (Å²) in [6.45, 7) is 0. The molecule has 150 valence electrons. The number of carbonyl (C=O) groups excluding carboxylic acids is 2. The highest BCUT2D eigenvalue weighted by Crippen LogP contribution is 2.29. The quantitative estimate of drug-likeness (QED) is 0.513. The maximum atomic E-state index is 12.5. The lowest BCUT2D eigenvalue weighted by atomic mass is 10.3. The van der Waals surface area contributed by atoms with Crippen molar-refractivity contribution < 1.29 is 19.1 Å². The number of methoxy groups -OCH3 is 2. The minimum Gasteiger partial charge on any atom is -0.495 e. The zero-order chi connectivity index (χ0) is 21.0. The van der Waals surface area contributed by atoms with E-state index in [0.717, 1.165) is 11.3 Å². The third-order valence-corrected chi connectivity index (χ3v) is 5.55. The molecule has 3 aromatic rings. The lowest BCUT2D eigenvalue weighted by Gasteiger charge is -2.07. The van der Waals surface area contributed by atoms with Gasteiger partial charge < -0.3 is 20.1 Å². The molecule has 0 aliphatic heterocycles. The minimum absolute atomic E-state index is 0.345. The highest BCUT2D eigenvalue weighted by molar-refractivity contribution is 7.16. The third-order valence-electron chi connectivity index (χ3n) is 3.87. The van der Waals surface area contributed by atoms with Gasteiger partial charge in [0.25, 0.3) is 11.8 Å². The number of benzene rings is 2. The van der Waals surface area contributed by atoms with Crippen molar-refractivity contribution in [3.05, 3.63) is 68.3 Å². The first-order chi connectivity index (χ1) is 13.9. The molecule has 0 aliphatic carbocycles. The van der Waals surface area contributed by atoms with Crippen LogP contribution in [-0.2, 0) is 0 Å². The van der Waals surface area contributed by atoms with Gasteiger partial charge in [0.05, 0.1) is 34.0 Å². The predicted molar refractivity (Wildman–Crippen MR) is 116 cm³/mol. The Hall–Kier alpha value is -2.74. The van der Waals surface area contributed by atoms with E-state index in [9.17, 15) is 9.59 Å².